The second-order valence-corrected chi connectivity index (χ2v) is 8.59. The Kier molecular flexibility index (Phi) is 5.74. The fourth-order valence-electron chi connectivity index (χ4n) is 3.92. The number of nitrogens with zero attached hydrogens (tertiary/aromatic N) is 2. The quantitative estimate of drug-likeness (QED) is 0.733. The Balaban J connectivity index is 1.60. The number of fused-ring (bicyclic) bond motifs is 1. The zero-order chi connectivity index (χ0) is 20.5. The molecular weight excluding hydrogens is 388 g/mol. The van der Waals surface area contributed by atoms with Crippen molar-refractivity contribution in [2.45, 2.75) is 20.4 Å². The van der Waals surface area contributed by atoms with E-state index in [1.54, 1.807) is 23.5 Å². The first-order valence-electron chi connectivity index (χ1n) is 9.87. The third kappa shape index (κ3) is 3.96. The molecule has 2 aliphatic heterocycles. The zero-order valence-electron chi connectivity index (χ0n) is 16.8. The standard InChI is InChI=1S/C22H26N2O4S/c1-14-3-10-29-19(14)12-18-21(27)20-15(2)11-17(26)16(22(20)28-18)13-24-6-4-23(5-7-24)8-9-25/h3,10-12,25-26H,4-9,13H2,1-2H3/b18-12-. The average Bonchev–Trinajstić information content (AvgIpc) is 3.24. The van der Waals surface area contributed by atoms with Crippen LogP contribution in [0, 0.1) is 13.8 Å². The minimum atomic E-state index is -0.126. The van der Waals surface area contributed by atoms with Gasteiger partial charge in [0.15, 0.2) is 5.76 Å². The van der Waals surface area contributed by atoms with E-state index in [1.165, 1.54) is 0 Å². The fourth-order valence-corrected chi connectivity index (χ4v) is 4.77. The molecule has 0 unspecified atom stereocenters. The molecular formula is C22H26N2O4S. The van der Waals surface area contributed by atoms with Crippen molar-refractivity contribution in [3.63, 3.8) is 0 Å². The van der Waals surface area contributed by atoms with Crippen LogP contribution in [0.1, 0.15) is 31.9 Å². The molecule has 1 aromatic carbocycles. The summed E-state index contributed by atoms with van der Waals surface area (Å²) >= 11 is 1.57. The van der Waals surface area contributed by atoms with E-state index in [4.69, 9.17) is 9.84 Å². The summed E-state index contributed by atoms with van der Waals surface area (Å²) in [6, 6.07) is 3.68. The molecule has 4 rings (SSSR count). The number of benzene rings is 1. The molecule has 1 fully saturated rings. The lowest BCUT2D eigenvalue weighted by molar-refractivity contribution is 0.101. The summed E-state index contributed by atoms with van der Waals surface area (Å²) in [7, 11) is 0. The fraction of sp³-hybridized carbons (Fsp3) is 0.409. The van der Waals surface area contributed by atoms with E-state index in [1.807, 2.05) is 25.3 Å². The molecule has 0 bridgehead atoms. The van der Waals surface area contributed by atoms with Crippen molar-refractivity contribution in [1.29, 1.82) is 0 Å². The number of carbonyl (C=O) groups excluding carboxylic acids is 1. The van der Waals surface area contributed by atoms with Gasteiger partial charge in [-0.2, -0.15) is 0 Å². The maximum Gasteiger partial charge on any atom is 0.232 e. The largest absolute Gasteiger partial charge is 0.507 e. The number of hydrogen-bond acceptors (Lipinski definition) is 7. The molecule has 0 saturated carbocycles. The van der Waals surface area contributed by atoms with Crippen molar-refractivity contribution < 1.29 is 19.7 Å². The molecule has 0 radical (unpaired) electrons. The van der Waals surface area contributed by atoms with E-state index in [-0.39, 0.29) is 18.1 Å². The van der Waals surface area contributed by atoms with E-state index in [0.29, 0.717) is 35.7 Å². The van der Waals surface area contributed by atoms with Crippen LogP contribution in [0.25, 0.3) is 6.08 Å². The van der Waals surface area contributed by atoms with Crippen LogP contribution < -0.4 is 4.74 Å². The van der Waals surface area contributed by atoms with Gasteiger partial charge in [-0.05, 0) is 42.5 Å². The smallest absolute Gasteiger partial charge is 0.232 e. The second kappa shape index (κ2) is 8.28. The average molecular weight is 415 g/mol. The predicted molar refractivity (Wildman–Crippen MR) is 114 cm³/mol. The van der Waals surface area contributed by atoms with Gasteiger partial charge in [-0.25, -0.2) is 0 Å². The number of ether oxygens (including phenoxy) is 1. The van der Waals surface area contributed by atoms with E-state index < -0.39 is 0 Å². The molecule has 0 amide bonds. The maximum atomic E-state index is 13.0. The Morgan fingerprint density at radius 1 is 1.17 bits per heavy atom. The molecule has 3 heterocycles. The molecule has 0 aliphatic carbocycles. The summed E-state index contributed by atoms with van der Waals surface area (Å²) in [6.07, 6.45) is 1.80. The van der Waals surface area contributed by atoms with Gasteiger partial charge in [0.05, 0.1) is 17.7 Å². The monoisotopic (exact) mass is 414 g/mol. The molecule has 0 spiro atoms. The van der Waals surface area contributed by atoms with Gasteiger partial charge in [-0.15, -0.1) is 11.3 Å². The Labute approximate surface area is 174 Å². The lowest BCUT2D eigenvalue weighted by Gasteiger charge is -2.34. The van der Waals surface area contributed by atoms with Crippen LogP contribution in [0.3, 0.4) is 0 Å². The summed E-state index contributed by atoms with van der Waals surface area (Å²) in [5.74, 6) is 0.846. The van der Waals surface area contributed by atoms with Crippen molar-refractivity contribution in [1.82, 2.24) is 9.80 Å². The highest BCUT2D eigenvalue weighted by molar-refractivity contribution is 7.11. The molecule has 1 saturated heterocycles. The molecule has 29 heavy (non-hydrogen) atoms. The summed E-state index contributed by atoms with van der Waals surface area (Å²) in [5, 5.41) is 21.7. The SMILES string of the molecule is Cc1ccsc1/C=C1\Oc2c(CN3CCN(CCO)CC3)c(O)cc(C)c2C1=O. The number of thiophene rings is 1. The van der Waals surface area contributed by atoms with Gasteiger partial charge >= 0.3 is 0 Å². The number of aryl methyl sites for hydroxylation is 2. The number of hydrogen-bond donors (Lipinski definition) is 2. The van der Waals surface area contributed by atoms with Gasteiger partial charge in [-0.3, -0.25) is 14.6 Å². The Morgan fingerprint density at radius 3 is 2.55 bits per heavy atom. The second-order valence-electron chi connectivity index (χ2n) is 7.64. The van der Waals surface area contributed by atoms with Crippen LogP contribution >= 0.6 is 11.3 Å². The molecule has 2 aromatic rings. The van der Waals surface area contributed by atoms with Gasteiger partial charge in [0.1, 0.15) is 11.5 Å². The summed E-state index contributed by atoms with van der Waals surface area (Å²) in [4.78, 5) is 18.5. The number of allylic oxidation sites excluding steroid dienone is 1. The minimum absolute atomic E-state index is 0.126. The topological polar surface area (TPSA) is 73.2 Å². The number of carbonyl (C=O) groups is 1. The minimum Gasteiger partial charge on any atom is -0.507 e. The van der Waals surface area contributed by atoms with Crippen molar-refractivity contribution in [3.05, 3.63) is 50.4 Å². The number of ketones is 1. The highest BCUT2D eigenvalue weighted by Gasteiger charge is 2.34. The zero-order valence-corrected chi connectivity index (χ0v) is 17.6. The van der Waals surface area contributed by atoms with Crippen molar-refractivity contribution in [2.24, 2.45) is 0 Å². The Morgan fingerprint density at radius 2 is 1.90 bits per heavy atom. The molecule has 154 valence electrons. The van der Waals surface area contributed by atoms with E-state index in [2.05, 4.69) is 9.80 Å². The molecule has 2 aliphatic rings. The molecule has 2 N–H and O–H groups in total. The number of piperazine rings is 1. The van der Waals surface area contributed by atoms with Crippen LogP contribution in [0.4, 0.5) is 0 Å². The van der Waals surface area contributed by atoms with Crippen LogP contribution in [0.2, 0.25) is 0 Å². The van der Waals surface area contributed by atoms with Crippen molar-refractivity contribution in [3.8, 4) is 11.5 Å². The third-order valence-electron chi connectivity index (χ3n) is 5.65. The van der Waals surface area contributed by atoms with Crippen molar-refractivity contribution >= 4 is 23.2 Å². The highest BCUT2D eigenvalue weighted by atomic mass is 32.1. The van der Waals surface area contributed by atoms with Crippen LogP contribution in [-0.4, -0.2) is 65.1 Å². The van der Waals surface area contributed by atoms with E-state index in [0.717, 1.165) is 42.2 Å². The summed E-state index contributed by atoms with van der Waals surface area (Å²) < 4.78 is 6.03. The first-order valence-corrected chi connectivity index (χ1v) is 10.7. The summed E-state index contributed by atoms with van der Waals surface area (Å²) in [5.41, 5.74) is 3.05. The van der Waals surface area contributed by atoms with Crippen molar-refractivity contribution in [2.75, 3.05) is 39.3 Å². The number of rotatable bonds is 5. The Hall–Kier alpha value is -2.19. The number of β-amino-alcohol motifs (C(OH)–C–C–N with tert-alkyl or cyclic N) is 1. The predicted octanol–water partition coefficient (Wildman–Crippen LogP) is 2.80. The highest BCUT2D eigenvalue weighted by Crippen LogP contribution is 2.42. The van der Waals surface area contributed by atoms with Crippen LogP contribution in [0.15, 0.2) is 23.3 Å². The Bertz CT molecular complexity index is 958. The van der Waals surface area contributed by atoms with Gasteiger partial charge in [0.2, 0.25) is 5.78 Å². The van der Waals surface area contributed by atoms with Gasteiger partial charge in [-0.1, -0.05) is 0 Å². The number of aromatic hydroxyl groups is 1. The molecule has 0 atom stereocenters. The van der Waals surface area contributed by atoms with Gasteiger partial charge in [0, 0.05) is 50.2 Å². The first kappa shape index (κ1) is 20.1. The first-order chi connectivity index (χ1) is 14.0. The number of aliphatic hydroxyl groups is 1. The molecule has 7 heteroatoms. The lowest BCUT2D eigenvalue weighted by Crippen LogP contribution is -2.46. The third-order valence-corrected chi connectivity index (χ3v) is 6.61. The molecule has 6 nitrogen and oxygen atoms in total. The number of phenolic OH excluding ortho intramolecular Hbond substituents is 1. The van der Waals surface area contributed by atoms with Gasteiger partial charge in [0.25, 0.3) is 0 Å². The van der Waals surface area contributed by atoms with Gasteiger partial charge < -0.3 is 14.9 Å². The van der Waals surface area contributed by atoms with E-state index in [9.17, 15) is 9.90 Å². The lowest BCUT2D eigenvalue weighted by atomic mass is 9.99. The van der Waals surface area contributed by atoms with E-state index >= 15 is 0 Å². The number of phenols is 1. The van der Waals surface area contributed by atoms with Crippen LogP contribution in [-0.2, 0) is 6.54 Å². The summed E-state index contributed by atoms with van der Waals surface area (Å²) in [6.45, 7) is 8.65. The number of aliphatic hydroxyl groups excluding tert-OH is 1. The van der Waals surface area contributed by atoms with Crippen LogP contribution in [0.5, 0.6) is 11.5 Å². The number of Topliss-reactive ketones (excluding diaryl/α,β-unsaturated/α-hetero) is 1. The molecule has 1 aromatic heterocycles. The normalized spacial score (nSPS) is 19.0. The maximum absolute atomic E-state index is 13.0.